The predicted molar refractivity (Wildman–Crippen MR) is 91.7 cm³/mol. The van der Waals surface area contributed by atoms with Gasteiger partial charge < -0.3 is 19.3 Å². The lowest BCUT2D eigenvalue weighted by Crippen LogP contribution is -2.55. The molecule has 0 aromatic heterocycles. The highest BCUT2D eigenvalue weighted by Crippen LogP contribution is 2.62. The molecule has 1 aliphatic heterocycles. The molecule has 0 aromatic rings. The molecule has 5 nitrogen and oxygen atoms in total. The predicted octanol–water partition coefficient (Wildman–Crippen LogP) is 3.04. The zero-order valence-corrected chi connectivity index (χ0v) is 15.3. The molecule has 5 rings (SSSR count). The summed E-state index contributed by atoms with van der Waals surface area (Å²) in [5, 5.41) is 10.4. The topological polar surface area (TPSA) is 65.0 Å². The fraction of sp³-hybridized carbons (Fsp3) is 0.950. The minimum Gasteiger partial charge on any atom is -0.434 e. The lowest BCUT2D eigenvalue weighted by atomic mass is 9.47. The Kier molecular flexibility index (Phi) is 5.09. The Hall–Kier alpha value is -0.650. The highest BCUT2D eigenvalue weighted by atomic mass is 16.7. The molecule has 5 fully saturated rings. The standard InChI is InChI=1S/C20H32O5/c1-13(21)19(24-12-17(22)25-18-4-2-3-5-23-18)20-9-14-6-15(10-20)8-16(7-14)11-20/h13-16,18-19,21H,2-12H2,1H3. The minimum atomic E-state index is -0.560. The van der Waals surface area contributed by atoms with Crippen molar-refractivity contribution in [2.45, 2.75) is 83.2 Å². The Labute approximate surface area is 150 Å². The largest absolute Gasteiger partial charge is 0.434 e. The maximum absolute atomic E-state index is 12.2. The first kappa shape index (κ1) is 17.7. The van der Waals surface area contributed by atoms with Crippen LogP contribution in [0, 0.1) is 23.2 Å². The van der Waals surface area contributed by atoms with E-state index < -0.39 is 12.4 Å². The molecule has 1 heterocycles. The van der Waals surface area contributed by atoms with Gasteiger partial charge in [-0.1, -0.05) is 0 Å². The van der Waals surface area contributed by atoms with Gasteiger partial charge in [-0.25, -0.2) is 4.79 Å². The van der Waals surface area contributed by atoms with Crippen LogP contribution in [0.5, 0.6) is 0 Å². The van der Waals surface area contributed by atoms with Crippen molar-refractivity contribution >= 4 is 5.97 Å². The SMILES string of the molecule is CC(O)C(OCC(=O)OC1CCCCO1)C12CC3CC(CC(C3)C1)C2. The number of aliphatic hydroxyl groups excluding tert-OH is 1. The van der Waals surface area contributed by atoms with Crippen LogP contribution in [-0.2, 0) is 19.0 Å². The molecule has 0 spiro atoms. The van der Waals surface area contributed by atoms with E-state index in [1.807, 2.05) is 0 Å². The third-order valence-electron chi connectivity index (χ3n) is 6.91. The van der Waals surface area contributed by atoms with Gasteiger partial charge in [0.05, 0.1) is 18.8 Å². The van der Waals surface area contributed by atoms with Crippen molar-refractivity contribution in [1.82, 2.24) is 0 Å². The summed E-state index contributed by atoms with van der Waals surface area (Å²) in [6, 6.07) is 0. The summed E-state index contributed by atoms with van der Waals surface area (Å²) < 4.78 is 16.8. The summed E-state index contributed by atoms with van der Waals surface area (Å²) in [6.07, 6.45) is 9.08. The van der Waals surface area contributed by atoms with Gasteiger partial charge >= 0.3 is 5.97 Å². The summed E-state index contributed by atoms with van der Waals surface area (Å²) in [6.45, 7) is 2.37. The van der Waals surface area contributed by atoms with Crippen molar-refractivity contribution in [1.29, 1.82) is 0 Å². The number of ether oxygens (including phenoxy) is 3. The molecule has 4 bridgehead atoms. The molecule has 4 aliphatic carbocycles. The summed E-state index contributed by atoms with van der Waals surface area (Å²) >= 11 is 0. The molecule has 0 amide bonds. The van der Waals surface area contributed by atoms with Crippen molar-refractivity contribution in [3.05, 3.63) is 0 Å². The van der Waals surface area contributed by atoms with Crippen molar-refractivity contribution < 1.29 is 24.1 Å². The van der Waals surface area contributed by atoms with Crippen LogP contribution < -0.4 is 0 Å². The quantitative estimate of drug-likeness (QED) is 0.745. The van der Waals surface area contributed by atoms with Gasteiger partial charge in [0.15, 0.2) is 0 Å². The van der Waals surface area contributed by atoms with Gasteiger partial charge in [0.2, 0.25) is 6.29 Å². The lowest BCUT2D eigenvalue weighted by Gasteiger charge is -2.59. The second-order valence-electron chi connectivity index (χ2n) is 9.04. The van der Waals surface area contributed by atoms with Crippen LogP contribution in [0.2, 0.25) is 0 Å². The maximum atomic E-state index is 12.2. The minimum absolute atomic E-state index is 0.0601. The van der Waals surface area contributed by atoms with E-state index in [9.17, 15) is 9.90 Å². The van der Waals surface area contributed by atoms with Crippen LogP contribution >= 0.6 is 0 Å². The second-order valence-corrected chi connectivity index (χ2v) is 9.04. The maximum Gasteiger partial charge on any atom is 0.334 e. The Bertz CT molecular complexity index is 447. The van der Waals surface area contributed by atoms with Gasteiger partial charge in [-0.15, -0.1) is 0 Å². The molecule has 0 radical (unpaired) electrons. The number of carbonyl (C=O) groups is 1. The normalized spacial score (nSPS) is 42.2. The van der Waals surface area contributed by atoms with E-state index in [1.54, 1.807) is 6.92 Å². The van der Waals surface area contributed by atoms with E-state index >= 15 is 0 Å². The van der Waals surface area contributed by atoms with Crippen LogP contribution in [0.25, 0.3) is 0 Å². The van der Waals surface area contributed by atoms with E-state index in [-0.39, 0.29) is 24.1 Å². The number of hydrogen-bond donors (Lipinski definition) is 1. The first-order valence-electron chi connectivity index (χ1n) is 10.1. The molecule has 3 unspecified atom stereocenters. The monoisotopic (exact) mass is 352 g/mol. The summed E-state index contributed by atoms with van der Waals surface area (Å²) in [5.41, 5.74) is 0.0601. The van der Waals surface area contributed by atoms with Crippen LogP contribution in [-0.4, -0.2) is 42.8 Å². The number of carbonyl (C=O) groups excluding carboxylic acids is 1. The fourth-order valence-corrected chi connectivity index (χ4v) is 6.50. The molecule has 0 aromatic carbocycles. The zero-order chi connectivity index (χ0) is 17.4. The summed E-state index contributed by atoms with van der Waals surface area (Å²) in [5.74, 6) is 2.00. The van der Waals surface area contributed by atoms with Gasteiger partial charge in [-0.05, 0) is 81.5 Å². The average molecular weight is 352 g/mol. The van der Waals surface area contributed by atoms with Gasteiger partial charge in [-0.3, -0.25) is 0 Å². The molecule has 3 atom stereocenters. The van der Waals surface area contributed by atoms with E-state index in [1.165, 1.54) is 19.3 Å². The first-order valence-corrected chi connectivity index (χ1v) is 10.1. The summed E-state index contributed by atoms with van der Waals surface area (Å²) in [4.78, 5) is 12.2. The first-order chi connectivity index (χ1) is 12.0. The van der Waals surface area contributed by atoms with Crippen molar-refractivity contribution in [2.75, 3.05) is 13.2 Å². The van der Waals surface area contributed by atoms with Gasteiger partial charge in [-0.2, -0.15) is 0 Å². The molecule has 25 heavy (non-hydrogen) atoms. The highest BCUT2D eigenvalue weighted by Gasteiger charge is 2.55. The van der Waals surface area contributed by atoms with Crippen molar-refractivity contribution in [3.63, 3.8) is 0 Å². The molecular formula is C20H32O5. The van der Waals surface area contributed by atoms with E-state index in [2.05, 4.69) is 0 Å². The smallest absolute Gasteiger partial charge is 0.334 e. The van der Waals surface area contributed by atoms with E-state index in [4.69, 9.17) is 14.2 Å². The van der Waals surface area contributed by atoms with Gasteiger partial charge in [0.25, 0.3) is 0 Å². The number of hydrogen-bond acceptors (Lipinski definition) is 5. The second kappa shape index (κ2) is 7.16. The van der Waals surface area contributed by atoms with Crippen LogP contribution in [0.3, 0.4) is 0 Å². The zero-order valence-electron chi connectivity index (χ0n) is 15.3. The fourth-order valence-electron chi connectivity index (χ4n) is 6.50. The third kappa shape index (κ3) is 3.74. The summed E-state index contributed by atoms with van der Waals surface area (Å²) in [7, 11) is 0. The molecule has 4 saturated carbocycles. The molecule has 1 saturated heterocycles. The average Bonchev–Trinajstić information content (AvgIpc) is 2.54. The molecule has 5 aliphatic rings. The number of rotatable bonds is 6. The Morgan fingerprint density at radius 3 is 2.32 bits per heavy atom. The van der Waals surface area contributed by atoms with Crippen molar-refractivity contribution in [3.8, 4) is 0 Å². The van der Waals surface area contributed by atoms with E-state index in [0.29, 0.717) is 6.61 Å². The van der Waals surface area contributed by atoms with Gasteiger partial charge in [0, 0.05) is 6.42 Å². The number of aliphatic hydroxyl groups is 1. The van der Waals surface area contributed by atoms with Crippen LogP contribution in [0.15, 0.2) is 0 Å². The Morgan fingerprint density at radius 1 is 1.16 bits per heavy atom. The van der Waals surface area contributed by atoms with E-state index in [0.717, 1.165) is 56.3 Å². The number of esters is 1. The van der Waals surface area contributed by atoms with Crippen molar-refractivity contribution in [2.24, 2.45) is 23.2 Å². The highest BCUT2D eigenvalue weighted by molar-refractivity contribution is 5.70. The molecule has 1 N–H and O–H groups in total. The van der Waals surface area contributed by atoms with Crippen LogP contribution in [0.4, 0.5) is 0 Å². The molecule has 142 valence electrons. The van der Waals surface area contributed by atoms with Crippen LogP contribution in [0.1, 0.15) is 64.7 Å². The van der Waals surface area contributed by atoms with Gasteiger partial charge in [0.1, 0.15) is 6.61 Å². The Morgan fingerprint density at radius 2 is 1.80 bits per heavy atom. The molecule has 5 heteroatoms. The third-order valence-corrected chi connectivity index (χ3v) is 6.91. The lowest BCUT2D eigenvalue weighted by molar-refractivity contribution is -0.205. The Balaban J connectivity index is 1.36. The molecular weight excluding hydrogens is 320 g/mol.